The molecule has 1 atom stereocenters. The minimum atomic E-state index is -3.11. The number of anilines is 1. The van der Waals surface area contributed by atoms with E-state index >= 15 is 0 Å². The molecular weight excluding hydrogens is 258 g/mol. The highest BCUT2D eigenvalue weighted by Crippen LogP contribution is 2.23. The largest absolute Gasteiger partial charge is 0.382 e. The van der Waals surface area contributed by atoms with E-state index in [0.29, 0.717) is 17.4 Å². The molecule has 0 aliphatic heterocycles. The molecule has 0 spiro atoms. The van der Waals surface area contributed by atoms with Crippen molar-refractivity contribution in [1.29, 1.82) is 0 Å². The Morgan fingerprint density at radius 3 is 2.11 bits per heavy atom. The molecule has 0 aliphatic rings. The van der Waals surface area contributed by atoms with E-state index in [1.165, 1.54) is 0 Å². The predicted octanol–water partition coefficient (Wildman–Crippen LogP) is 3.72. The second-order valence-corrected chi connectivity index (χ2v) is 8.18. The third kappa shape index (κ3) is 4.53. The lowest BCUT2D eigenvalue weighted by Crippen LogP contribution is -2.30. The van der Waals surface area contributed by atoms with Crippen molar-refractivity contribution in [1.82, 2.24) is 0 Å². The molecule has 0 saturated carbocycles. The van der Waals surface area contributed by atoms with Gasteiger partial charge in [0.2, 0.25) is 0 Å². The van der Waals surface area contributed by atoms with Crippen LogP contribution in [0.15, 0.2) is 29.2 Å². The van der Waals surface area contributed by atoms with Crippen LogP contribution in [-0.2, 0) is 9.84 Å². The zero-order chi connectivity index (χ0) is 14.7. The first kappa shape index (κ1) is 16.0. The van der Waals surface area contributed by atoms with E-state index in [1.807, 2.05) is 19.1 Å². The van der Waals surface area contributed by atoms with Gasteiger partial charge >= 0.3 is 0 Å². The van der Waals surface area contributed by atoms with E-state index in [9.17, 15) is 8.42 Å². The van der Waals surface area contributed by atoms with Crippen LogP contribution in [0.2, 0.25) is 0 Å². The van der Waals surface area contributed by atoms with Gasteiger partial charge in [0.25, 0.3) is 0 Å². The first-order chi connectivity index (χ1) is 8.66. The van der Waals surface area contributed by atoms with Crippen LogP contribution in [0.3, 0.4) is 0 Å². The average molecular weight is 283 g/mol. The Kier molecular flexibility index (Phi) is 5.02. The Bertz CT molecular complexity index is 498. The summed E-state index contributed by atoms with van der Waals surface area (Å²) in [5.41, 5.74) is 1.12. The molecule has 1 unspecified atom stereocenters. The molecule has 4 heteroatoms. The van der Waals surface area contributed by atoms with E-state index in [4.69, 9.17) is 0 Å². The maximum absolute atomic E-state index is 11.9. The summed E-state index contributed by atoms with van der Waals surface area (Å²) in [6, 6.07) is 7.35. The average Bonchev–Trinajstić information content (AvgIpc) is 2.28. The summed E-state index contributed by atoms with van der Waals surface area (Å²) >= 11 is 0. The summed E-state index contributed by atoms with van der Waals surface area (Å²) in [5.74, 6) is 0.207. The number of hydrogen-bond donors (Lipinski definition) is 1. The molecule has 0 aliphatic carbocycles. The summed E-state index contributed by atoms with van der Waals surface area (Å²) < 4.78 is 23.8. The van der Waals surface area contributed by atoms with Gasteiger partial charge in [-0.3, -0.25) is 0 Å². The molecule has 1 aromatic carbocycles. The molecule has 0 fully saturated rings. The van der Waals surface area contributed by atoms with Crippen molar-refractivity contribution in [2.75, 3.05) is 11.1 Å². The Labute approximate surface area is 117 Å². The standard InChI is InChI=1S/C15H25NO2S/c1-6-11-19(17,18)14-9-7-13(8-10-14)16-12(2)15(3,4)5/h7-10,12,16H,6,11H2,1-5H3. The van der Waals surface area contributed by atoms with Crippen molar-refractivity contribution in [3.05, 3.63) is 24.3 Å². The number of benzene rings is 1. The van der Waals surface area contributed by atoms with Crippen molar-refractivity contribution in [3.8, 4) is 0 Å². The van der Waals surface area contributed by atoms with Gasteiger partial charge in [-0.05, 0) is 43.0 Å². The van der Waals surface area contributed by atoms with Crippen LogP contribution in [0, 0.1) is 5.41 Å². The fraction of sp³-hybridized carbons (Fsp3) is 0.600. The van der Waals surface area contributed by atoms with Crippen molar-refractivity contribution in [2.24, 2.45) is 5.41 Å². The van der Waals surface area contributed by atoms with Gasteiger partial charge in [0, 0.05) is 11.7 Å². The molecule has 3 nitrogen and oxygen atoms in total. The van der Waals surface area contributed by atoms with Crippen molar-refractivity contribution in [3.63, 3.8) is 0 Å². The van der Waals surface area contributed by atoms with Gasteiger partial charge in [-0.25, -0.2) is 8.42 Å². The van der Waals surface area contributed by atoms with Gasteiger partial charge in [-0.1, -0.05) is 27.7 Å². The second kappa shape index (κ2) is 5.95. The lowest BCUT2D eigenvalue weighted by atomic mass is 9.88. The maximum atomic E-state index is 11.9. The SMILES string of the molecule is CCCS(=O)(=O)c1ccc(NC(C)C(C)(C)C)cc1. The maximum Gasteiger partial charge on any atom is 0.178 e. The number of rotatable bonds is 5. The lowest BCUT2D eigenvalue weighted by Gasteiger charge is -2.29. The van der Waals surface area contributed by atoms with E-state index < -0.39 is 9.84 Å². The summed E-state index contributed by atoms with van der Waals surface area (Å²) in [4.78, 5) is 0.406. The number of nitrogens with one attached hydrogen (secondary N) is 1. The van der Waals surface area contributed by atoms with Crippen LogP contribution in [0.5, 0.6) is 0 Å². The lowest BCUT2D eigenvalue weighted by molar-refractivity contribution is 0.359. The Morgan fingerprint density at radius 1 is 1.16 bits per heavy atom. The normalized spacial score (nSPS) is 14.2. The van der Waals surface area contributed by atoms with E-state index in [1.54, 1.807) is 12.1 Å². The Hall–Kier alpha value is -1.03. The minimum Gasteiger partial charge on any atom is -0.382 e. The highest BCUT2D eigenvalue weighted by molar-refractivity contribution is 7.91. The van der Waals surface area contributed by atoms with Crippen LogP contribution in [-0.4, -0.2) is 20.2 Å². The molecule has 0 heterocycles. The number of sulfone groups is 1. The zero-order valence-electron chi connectivity index (χ0n) is 12.5. The first-order valence-electron chi connectivity index (χ1n) is 6.76. The van der Waals surface area contributed by atoms with Crippen LogP contribution < -0.4 is 5.32 Å². The molecule has 108 valence electrons. The Balaban J connectivity index is 2.83. The molecule has 1 aromatic rings. The van der Waals surface area contributed by atoms with Crippen LogP contribution in [0.25, 0.3) is 0 Å². The van der Waals surface area contributed by atoms with Crippen molar-refractivity contribution in [2.45, 2.75) is 52.0 Å². The van der Waals surface area contributed by atoms with Gasteiger partial charge < -0.3 is 5.32 Å². The fourth-order valence-corrected chi connectivity index (χ4v) is 2.94. The van der Waals surface area contributed by atoms with E-state index in [0.717, 1.165) is 5.69 Å². The molecule has 0 amide bonds. The summed E-state index contributed by atoms with van der Waals surface area (Å²) in [6.45, 7) is 10.5. The first-order valence-corrected chi connectivity index (χ1v) is 8.41. The zero-order valence-corrected chi connectivity index (χ0v) is 13.3. The summed E-state index contributed by atoms with van der Waals surface area (Å²) in [5, 5.41) is 3.40. The fourth-order valence-electron chi connectivity index (χ4n) is 1.61. The summed E-state index contributed by atoms with van der Waals surface area (Å²) in [7, 11) is -3.11. The topological polar surface area (TPSA) is 46.2 Å². The van der Waals surface area contributed by atoms with Crippen molar-refractivity contribution >= 4 is 15.5 Å². The molecule has 0 aromatic heterocycles. The third-order valence-electron chi connectivity index (χ3n) is 3.37. The summed E-state index contributed by atoms with van der Waals surface area (Å²) in [6.07, 6.45) is 0.642. The monoisotopic (exact) mass is 283 g/mol. The highest BCUT2D eigenvalue weighted by Gasteiger charge is 2.20. The van der Waals surface area contributed by atoms with Crippen LogP contribution in [0.1, 0.15) is 41.0 Å². The van der Waals surface area contributed by atoms with Crippen molar-refractivity contribution < 1.29 is 8.42 Å². The van der Waals surface area contributed by atoms with Gasteiger partial charge in [0.1, 0.15) is 0 Å². The van der Waals surface area contributed by atoms with Gasteiger partial charge in [0.05, 0.1) is 10.6 Å². The molecule has 1 N–H and O–H groups in total. The van der Waals surface area contributed by atoms with Crippen LogP contribution in [0.4, 0.5) is 5.69 Å². The third-order valence-corrected chi connectivity index (χ3v) is 5.30. The smallest absolute Gasteiger partial charge is 0.178 e. The minimum absolute atomic E-state index is 0.160. The van der Waals surface area contributed by atoms with E-state index in [-0.39, 0.29) is 11.2 Å². The molecule has 0 radical (unpaired) electrons. The second-order valence-electron chi connectivity index (χ2n) is 6.08. The van der Waals surface area contributed by atoms with Gasteiger partial charge in [0.15, 0.2) is 9.84 Å². The highest BCUT2D eigenvalue weighted by atomic mass is 32.2. The molecule has 1 rings (SSSR count). The molecular formula is C15H25NO2S. The van der Waals surface area contributed by atoms with E-state index in [2.05, 4.69) is 33.0 Å². The number of hydrogen-bond acceptors (Lipinski definition) is 3. The Morgan fingerprint density at radius 2 is 1.68 bits per heavy atom. The quantitative estimate of drug-likeness (QED) is 0.896. The van der Waals surface area contributed by atoms with Crippen LogP contribution >= 0.6 is 0 Å². The van der Waals surface area contributed by atoms with Gasteiger partial charge in [-0.15, -0.1) is 0 Å². The molecule has 0 bridgehead atoms. The molecule has 0 saturated heterocycles. The predicted molar refractivity (Wildman–Crippen MR) is 81.3 cm³/mol. The van der Waals surface area contributed by atoms with Gasteiger partial charge in [-0.2, -0.15) is 0 Å². The molecule has 19 heavy (non-hydrogen) atoms.